The van der Waals surface area contributed by atoms with Crippen molar-refractivity contribution in [3.05, 3.63) is 83.6 Å². The summed E-state index contributed by atoms with van der Waals surface area (Å²) in [6.07, 6.45) is 8.40. The number of rotatable bonds is 10. The van der Waals surface area contributed by atoms with Crippen LogP contribution in [-0.2, 0) is 37.7 Å². The smallest absolute Gasteiger partial charge is 0.162 e. The van der Waals surface area contributed by atoms with E-state index in [4.69, 9.17) is 0 Å². The number of aliphatic hydroxyl groups is 1. The fourth-order valence-electron chi connectivity index (χ4n) is 6.43. The summed E-state index contributed by atoms with van der Waals surface area (Å²) in [7, 11) is 0. The first-order valence-electron chi connectivity index (χ1n) is 17.8. The number of nitrogens with zero attached hydrogens (tertiary/aromatic N) is 2. The van der Waals surface area contributed by atoms with Crippen molar-refractivity contribution < 1.29 is 34.4 Å². The molecular formula is C43H54FIrN2O2S-. The predicted octanol–water partition coefficient (Wildman–Crippen LogP) is 12.6. The number of aromatic nitrogens is 2. The van der Waals surface area contributed by atoms with Crippen LogP contribution in [0.5, 0.6) is 0 Å². The number of carbonyl (C=O) groups is 1. The molecule has 0 aliphatic rings. The van der Waals surface area contributed by atoms with Gasteiger partial charge in [0.1, 0.15) is 6.33 Å². The monoisotopic (exact) mass is 874 g/mol. The molecule has 1 N–H and O–H groups in total. The summed E-state index contributed by atoms with van der Waals surface area (Å²) >= 11 is 1.64. The standard InChI is InChI=1S/C30H30FN2S.C13H24O2.Ir/c1-29(2,3)15-18-7-9-20-14-24(31)23(13-21(20)11-18)27-28-26(32-17-33-27)22-10-8-19(12-25(22)34-28)16-30(4,5)6;1-5-10(6-2)12(14)9-13(15)11(7-3)8-4;/h7-12,14,17H,15-16H2,1-6H3;9-11,14H,5-8H2,1-4H3;/q-1;;/b;12-9-;. The molecule has 0 saturated carbocycles. The Morgan fingerprint density at radius 2 is 1.44 bits per heavy atom. The first-order valence-corrected chi connectivity index (χ1v) is 18.6. The van der Waals surface area contributed by atoms with Gasteiger partial charge in [0.25, 0.3) is 0 Å². The third kappa shape index (κ3) is 10.5. The summed E-state index contributed by atoms with van der Waals surface area (Å²) in [4.78, 5) is 20.8. The Labute approximate surface area is 316 Å². The Kier molecular flexibility index (Phi) is 14.5. The number of benzene rings is 3. The Balaban J connectivity index is 0.000000361. The van der Waals surface area contributed by atoms with Crippen molar-refractivity contribution in [2.75, 3.05) is 0 Å². The first kappa shape index (κ1) is 41.4. The van der Waals surface area contributed by atoms with E-state index in [0.717, 1.165) is 69.6 Å². The molecule has 0 unspecified atom stereocenters. The molecule has 0 fully saturated rings. The van der Waals surface area contributed by atoms with E-state index in [1.165, 1.54) is 17.2 Å². The maximum atomic E-state index is 15.3. The van der Waals surface area contributed by atoms with Gasteiger partial charge in [-0.3, -0.25) is 14.2 Å². The van der Waals surface area contributed by atoms with Crippen LogP contribution in [0.1, 0.15) is 106 Å². The van der Waals surface area contributed by atoms with Crippen LogP contribution in [0.15, 0.2) is 60.6 Å². The molecule has 1 radical (unpaired) electrons. The summed E-state index contributed by atoms with van der Waals surface area (Å²) in [6.45, 7) is 21.5. The Hall–Kier alpha value is -2.99. The van der Waals surface area contributed by atoms with Crippen LogP contribution in [0.4, 0.5) is 4.39 Å². The maximum absolute atomic E-state index is 15.3. The number of ketones is 1. The zero-order valence-electron chi connectivity index (χ0n) is 31.5. The third-order valence-corrected chi connectivity index (χ3v) is 10.2. The van der Waals surface area contributed by atoms with Crippen LogP contribution in [0.2, 0.25) is 0 Å². The van der Waals surface area contributed by atoms with E-state index in [1.54, 1.807) is 23.7 Å². The molecule has 0 atom stereocenters. The zero-order valence-corrected chi connectivity index (χ0v) is 34.7. The quantitative estimate of drug-likeness (QED) is 0.0863. The summed E-state index contributed by atoms with van der Waals surface area (Å²) in [5.41, 5.74) is 4.83. The van der Waals surface area contributed by atoms with E-state index in [9.17, 15) is 9.90 Å². The summed E-state index contributed by atoms with van der Waals surface area (Å²) in [6, 6.07) is 17.7. The third-order valence-electron chi connectivity index (χ3n) is 9.00. The van der Waals surface area contributed by atoms with Gasteiger partial charge < -0.3 is 5.11 Å². The van der Waals surface area contributed by atoms with Crippen molar-refractivity contribution in [1.29, 1.82) is 0 Å². The van der Waals surface area contributed by atoms with E-state index in [0.29, 0.717) is 11.3 Å². The molecule has 50 heavy (non-hydrogen) atoms. The zero-order chi connectivity index (χ0) is 36.1. The van der Waals surface area contributed by atoms with Crippen LogP contribution in [0.25, 0.3) is 42.3 Å². The Bertz CT molecular complexity index is 1940. The van der Waals surface area contributed by atoms with Crippen molar-refractivity contribution in [2.45, 2.75) is 108 Å². The number of hydrogen-bond acceptors (Lipinski definition) is 5. The number of hydrogen-bond donors (Lipinski definition) is 1. The van der Waals surface area contributed by atoms with Gasteiger partial charge in [-0.05, 0) is 61.0 Å². The fraction of sp³-hybridized carbons (Fsp3) is 0.465. The van der Waals surface area contributed by atoms with Gasteiger partial charge in [-0.1, -0.05) is 116 Å². The molecule has 7 heteroatoms. The van der Waals surface area contributed by atoms with E-state index in [2.05, 4.69) is 87.9 Å². The van der Waals surface area contributed by atoms with E-state index in [1.807, 2.05) is 33.8 Å². The van der Waals surface area contributed by atoms with Crippen molar-refractivity contribution >= 4 is 48.2 Å². The van der Waals surface area contributed by atoms with Gasteiger partial charge in [0.15, 0.2) is 5.78 Å². The molecule has 0 aliphatic heterocycles. The molecule has 5 rings (SSSR count). The normalized spacial score (nSPS) is 12.5. The second-order valence-electron chi connectivity index (χ2n) is 15.7. The molecule has 271 valence electrons. The number of halogens is 1. The number of carbonyl (C=O) groups excluding carboxylic acids is 1. The van der Waals surface area contributed by atoms with Gasteiger partial charge in [0.05, 0.1) is 17.1 Å². The molecule has 0 spiro atoms. The predicted molar refractivity (Wildman–Crippen MR) is 207 cm³/mol. The van der Waals surface area contributed by atoms with Gasteiger partial charge in [-0.15, -0.1) is 28.9 Å². The summed E-state index contributed by atoms with van der Waals surface area (Å²) in [5.74, 6) is 0.244. The van der Waals surface area contributed by atoms with Crippen LogP contribution in [-0.4, -0.2) is 20.9 Å². The van der Waals surface area contributed by atoms with E-state index >= 15 is 4.39 Å². The fourth-order valence-corrected chi connectivity index (χ4v) is 7.65. The minimum atomic E-state index is -0.304. The van der Waals surface area contributed by atoms with Crippen LogP contribution >= 0.6 is 11.3 Å². The van der Waals surface area contributed by atoms with Gasteiger partial charge >= 0.3 is 0 Å². The molecule has 0 amide bonds. The molecule has 5 aromatic rings. The van der Waals surface area contributed by atoms with Gasteiger partial charge in [-0.25, -0.2) is 4.98 Å². The molecule has 3 aromatic carbocycles. The molecule has 4 nitrogen and oxygen atoms in total. The average Bonchev–Trinajstić information content (AvgIpc) is 3.39. The Morgan fingerprint density at radius 3 is 2.02 bits per heavy atom. The van der Waals surface area contributed by atoms with E-state index < -0.39 is 0 Å². The van der Waals surface area contributed by atoms with Crippen molar-refractivity contribution in [3.63, 3.8) is 0 Å². The number of thiophene rings is 1. The maximum Gasteiger partial charge on any atom is 0.162 e. The van der Waals surface area contributed by atoms with Crippen molar-refractivity contribution in [3.8, 4) is 11.3 Å². The molecule has 2 aromatic heterocycles. The summed E-state index contributed by atoms with van der Waals surface area (Å²) in [5, 5.41) is 12.6. The molecule has 0 bridgehead atoms. The minimum absolute atomic E-state index is 0. The molecule has 0 saturated heterocycles. The van der Waals surface area contributed by atoms with Crippen molar-refractivity contribution in [1.82, 2.24) is 9.97 Å². The number of aliphatic hydroxyl groups excluding tert-OH is 1. The Morgan fingerprint density at radius 1 is 0.860 bits per heavy atom. The molecular weight excluding hydrogens is 820 g/mol. The van der Waals surface area contributed by atoms with Crippen LogP contribution in [0.3, 0.4) is 0 Å². The van der Waals surface area contributed by atoms with E-state index in [-0.39, 0.29) is 60.1 Å². The largest absolute Gasteiger partial charge is 0.512 e. The number of fused-ring (bicyclic) bond motifs is 4. The van der Waals surface area contributed by atoms with Gasteiger partial charge in [0.2, 0.25) is 0 Å². The van der Waals surface area contributed by atoms with Crippen LogP contribution < -0.4 is 0 Å². The second-order valence-corrected chi connectivity index (χ2v) is 16.8. The first-order chi connectivity index (χ1) is 23.1. The average molecular weight is 874 g/mol. The van der Waals surface area contributed by atoms with Gasteiger partial charge in [0, 0.05) is 58.5 Å². The summed E-state index contributed by atoms with van der Waals surface area (Å²) < 4.78 is 17.4. The van der Waals surface area contributed by atoms with Gasteiger partial charge in [-0.2, -0.15) is 0 Å². The minimum Gasteiger partial charge on any atom is -0.512 e. The topological polar surface area (TPSA) is 63.1 Å². The SMILES string of the molecule is CC(C)(C)Cc1ccc2cc(F)c(-c3ncnc4c3sc3cc(CC(C)(C)C)ccc34)[c-]c2c1.CCC(CC)C(=O)/C=C(\O)C(CC)CC.[Ir]. The second kappa shape index (κ2) is 17.5. The van der Waals surface area contributed by atoms with Crippen LogP contribution in [0, 0.1) is 34.5 Å². The molecule has 0 aliphatic carbocycles. The number of allylic oxidation sites excluding steroid dienone is 2. The van der Waals surface area contributed by atoms with Crippen molar-refractivity contribution in [2.24, 2.45) is 22.7 Å². The molecule has 2 heterocycles.